The second kappa shape index (κ2) is 6.27. The highest BCUT2D eigenvalue weighted by Crippen LogP contribution is 2.33. The molecule has 2 fully saturated rings. The number of hydrogen-bond acceptors (Lipinski definition) is 2. The van der Waals surface area contributed by atoms with Gasteiger partial charge >= 0.3 is 0 Å². The van der Waals surface area contributed by atoms with Gasteiger partial charge in [0, 0.05) is 17.1 Å². The lowest BCUT2D eigenvalue weighted by molar-refractivity contribution is -0.123. The molecule has 3 rings (SSSR count). The number of carbonyl (C=O) groups is 1. The van der Waals surface area contributed by atoms with Crippen LogP contribution in [0.4, 0.5) is 0 Å². The first kappa shape index (κ1) is 14.1. The molecule has 1 aromatic carbocycles. The van der Waals surface area contributed by atoms with Gasteiger partial charge in [-0.05, 0) is 42.9 Å². The fraction of sp³-hybridized carbons (Fsp3) is 0.562. The van der Waals surface area contributed by atoms with Gasteiger partial charge in [-0.15, -0.1) is 0 Å². The van der Waals surface area contributed by atoms with Crippen molar-refractivity contribution in [3.63, 3.8) is 0 Å². The van der Waals surface area contributed by atoms with Gasteiger partial charge in [0.15, 0.2) is 0 Å². The van der Waals surface area contributed by atoms with E-state index in [-0.39, 0.29) is 11.9 Å². The zero-order chi connectivity index (χ0) is 13.9. The van der Waals surface area contributed by atoms with Crippen molar-refractivity contribution in [3.8, 4) is 0 Å². The van der Waals surface area contributed by atoms with Crippen molar-refractivity contribution in [2.75, 3.05) is 0 Å². The quantitative estimate of drug-likeness (QED) is 0.890. The van der Waals surface area contributed by atoms with E-state index in [1.54, 1.807) is 0 Å². The molecule has 1 aliphatic heterocycles. The number of hydrogen-bond donors (Lipinski definition) is 2. The van der Waals surface area contributed by atoms with Crippen LogP contribution in [-0.2, 0) is 11.3 Å². The van der Waals surface area contributed by atoms with Crippen LogP contribution in [0, 0.1) is 5.92 Å². The summed E-state index contributed by atoms with van der Waals surface area (Å²) < 4.78 is 1.06. The van der Waals surface area contributed by atoms with Crippen LogP contribution in [-0.4, -0.2) is 18.0 Å². The van der Waals surface area contributed by atoms with Crippen molar-refractivity contribution in [3.05, 3.63) is 34.3 Å². The van der Waals surface area contributed by atoms with Crippen LogP contribution in [0.1, 0.15) is 37.7 Å². The predicted octanol–water partition coefficient (Wildman–Crippen LogP) is 2.99. The molecule has 3 unspecified atom stereocenters. The maximum absolute atomic E-state index is 12.2. The molecule has 1 saturated heterocycles. The topological polar surface area (TPSA) is 41.1 Å². The molecule has 1 saturated carbocycles. The van der Waals surface area contributed by atoms with Gasteiger partial charge in [0.25, 0.3) is 0 Å². The van der Waals surface area contributed by atoms with Crippen molar-refractivity contribution in [2.45, 2.75) is 50.7 Å². The maximum atomic E-state index is 12.2. The average Bonchev–Trinajstić information content (AvgIpc) is 2.90. The Morgan fingerprint density at radius 1 is 1.25 bits per heavy atom. The molecule has 0 radical (unpaired) electrons. The van der Waals surface area contributed by atoms with Crippen molar-refractivity contribution in [1.29, 1.82) is 0 Å². The molecule has 1 heterocycles. The minimum atomic E-state index is 0.0125. The third-order valence-corrected chi connectivity index (χ3v) is 5.09. The predicted molar refractivity (Wildman–Crippen MR) is 83.3 cm³/mol. The number of rotatable bonds is 3. The van der Waals surface area contributed by atoms with Crippen molar-refractivity contribution >= 4 is 21.8 Å². The Labute approximate surface area is 128 Å². The first-order valence-electron chi connectivity index (χ1n) is 7.50. The largest absolute Gasteiger partial charge is 0.351 e. The van der Waals surface area contributed by atoms with Gasteiger partial charge in [-0.3, -0.25) is 4.79 Å². The van der Waals surface area contributed by atoms with Crippen LogP contribution in [0.5, 0.6) is 0 Å². The van der Waals surface area contributed by atoms with Crippen LogP contribution in [0.2, 0.25) is 0 Å². The fourth-order valence-electron chi connectivity index (χ4n) is 3.44. The molecule has 3 nitrogen and oxygen atoms in total. The average molecular weight is 337 g/mol. The van der Waals surface area contributed by atoms with Crippen LogP contribution in [0.15, 0.2) is 28.7 Å². The lowest BCUT2D eigenvalue weighted by Gasteiger charge is -2.24. The summed E-state index contributed by atoms with van der Waals surface area (Å²) in [5, 5.41) is 6.57. The summed E-state index contributed by atoms with van der Waals surface area (Å²) in [6.45, 7) is 0.611. The first-order chi connectivity index (χ1) is 9.72. The van der Waals surface area contributed by atoms with Gasteiger partial charge in [-0.1, -0.05) is 40.9 Å². The van der Waals surface area contributed by atoms with Crippen LogP contribution in [0.3, 0.4) is 0 Å². The lowest BCUT2D eigenvalue weighted by atomic mass is 9.85. The Morgan fingerprint density at radius 2 is 2.00 bits per heavy atom. The molecule has 108 valence electrons. The molecule has 2 aliphatic rings. The van der Waals surface area contributed by atoms with E-state index < -0.39 is 0 Å². The smallest absolute Gasteiger partial charge is 0.237 e. The molecular formula is C16H21BrN2O. The Bertz CT molecular complexity index is 460. The van der Waals surface area contributed by atoms with E-state index in [1.165, 1.54) is 25.7 Å². The fourth-order valence-corrected chi connectivity index (χ4v) is 3.70. The van der Waals surface area contributed by atoms with E-state index in [0.717, 1.165) is 16.5 Å². The van der Waals surface area contributed by atoms with Crippen LogP contribution >= 0.6 is 15.9 Å². The minimum Gasteiger partial charge on any atom is -0.351 e. The molecule has 0 spiro atoms. The summed E-state index contributed by atoms with van der Waals surface area (Å²) in [7, 11) is 0. The zero-order valence-electron chi connectivity index (χ0n) is 11.6. The van der Waals surface area contributed by atoms with E-state index in [4.69, 9.17) is 0 Å². The number of carbonyl (C=O) groups excluding carboxylic acids is 1. The molecule has 3 atom stereocenters. The molecule has 1 aliphatic carbocycles. The third kappa shape index (κ3) is 3.23. The summed E-state index contributed by atoms with van der Waals surface area (Å²) >= 11 is 3.42. The van der Waals surface area contributed by atoms with Gasteiger partial charge in [0.2, 0.25) is 5.91 Å². The summed E-state index contributed by atoms with van der Waals surface area (Å²) in [6.07, 6.45) is 6.17. The lowest BCUT2D eigenvalue weighted by Crippen LogP contribution is -2.42. The molecule has 0 aromatic heterocycles. The highest BCUT2D eigenvalue weighted by atomic mass is 79.9. The van der Waals surface area contributed by atoms with E-state index in [1.807, 2.05) is 24.3 Å². The molecule has 1 amide bonds. The Morgan fingerprint density at radius 3 is 2.75 bits per heavy atom. The van der Waals surface area contributed by atoms with Gasteiger partial charge < -0.3 is 10.6 Å². The SMILES string of the molecule is O=C(NCc1ccc(Br)cc1)C1CC2CCCCC2N1. The second-order valence-corrected chi connectivity index (χ2v) is 6.87. The van der Waals surface area contributed by atoms with Gasteiger partial charge in [0.05, 0.1) is 6.04 Å². The zero-order valence-corrected chi connectivity index (χ0v) is 13.2. The molecule has 0 bridgehead atoms. The normalized spacial score (nSPS) is 28.9. The number of fused-ring (bicyclic) bond motifs is 1. The first-order valence-corrected chi connectivity index (χ1v) is 8.30. The molecule has 2 N–H and O–H groups in total. The molecule has 20 heavy (non-hydrogen) atoms. The summed E-state index contributed by atoms with van der Waals surface area (Å²) in [5.74, 6) is 0.870. The number of nitrogens with one attached hydrogen (secondary N) is 2. The Balaban J connectivity index is 1.51. The van der Waals surface area contributed by atoms with E-state index in [9.17, 15) is 4.79 Å². The van der Waals surface area contributed by atoms with Crippen LogP contribution < -0.4 is 10.6 Å². The summed E-state index contributed by atoms with van der Waals surface area (Å²) in [5.41, 5.74) is 1.14. The third-order valence-electron chi connectivity index (χ3n) is 4.56. The molecule has 4 heteroatoms. The Kier molecular flexibility index (Phi) is 4.41. The second-order valence-electron chi connectivity index (χ2n) is 5.95. The van der Waals surface area contributed by atoms with E-state index in [2.05, 4.69) is 26.6 Å². The van der Waals surface area contributed by atoms with Gasteiger partial charge in [-0.25, -0.2) is 0 Å². The number of benzene rings is 1. The number of amides is 1. The highest BCUT2D eigenvalue weighted by molar-refractivity contribution is 9.10. The van der Waals surface area contributed by atoms with E-state index >= 15 is 0 Å². The summed E-state index contributed by atoms with van der Waals surface area (Å²) in [6, 6.07) is 8.66. The van der Waals surface area contributed by atoms with Gasteiger partial charge in [-0.2, -0.15) is 0 Å². The van der Waals surface area contributed by atoms with Crippen molar-refractivity contribution < 1.29 is 4.79 Å². The Hall–Kier alpha value is -0.870. The molecular weight excluding hydrogens is 316 g/mol. The van der Waals surface area contributed by atoms with Gasteiger partial charge in [0.1, 0.15) is 0 Å². The van der Waals surface area contributed by atoms with Crippen LogP contribution in [0.25, 0.3) is 0 Å². The molecule has 1 aromatic rings. The summed E-state index contributed by atoms with van der Waals surface area (Å²) in [4.78, 5) is 12.2. The number of halogens is 1. The standard InChI is InChI=1S/C16H21BrN2O/c17-13-7-5-11(6-8-13)10-18-16(20)15-9-12-3-1-2-4-14(12)19-15/h5-8,12,14-15,19H,1-4,9-10H2,(H,18,20). The maximum Gasteiger partial charge on any atom is 0.237 e. The highest BCUT2D eigenvalue weighted by Gasteiger charge is 2.37. The van der Waals surface area contributed by atoms with E-state index in [0.29, 0.717) is 18.5 Å². The monoisotopic (exact) mass is 336 g/mol. The van der Waals surface area contributed by atoms with Crippen molar-refractivity contribution in [2.24, 2.45) is 5.92 Å². The minimum absolute atomic E-state index is 0.0125. The van der Waals surface area contributed by atoms with Crippen molar-refractivity contribution in [1.82, 2.24) is 10.6 Å².